The summed E-state index contributed by atoms with van der Waals surface area (Å²) < 4.78 is 40.4. The molecule has 2 aromatic carbocycles. The number of urea groups is 1. The zero-order valence-electron chi connectivity index (χ0n) is 21.9. The van der Waals surface area contributed by atoms with E-state index >= 15 is 0 Å². The minimum atomic E-state index is -4.61. The summed E-state index contributed by atoms with van der Waals surface area (Å²) in [6, 6.07) is 9.43. The van der Waals surface area contributed by atoms with Crippen LogP contribution in [0.5, 0.6) is 0 Å². The average Bonchev–Trinajstić information content (AvgIpc) is 3.58. The maximum absolute atomic E-state index is 13.8. The summed E-state index contributed by atoms with van der Waals surface area (Å²) in [6.45, 7) is 1.79. The fourth-order valence-electron chi connectivity index (χ4n) is 5.59. The van der Waals surface area contributed by atoms with Crippen LogP contribution in [0, 0.1) is 17.2 Å². The molecule has 1 fully saturated rings. The Bertz CT molecular complexity index is 1460. The molecule has 208 valence electrons. The Balaban J connectivity index is 1.60. The molecule has 0 aromatic heterocycles. The van der Waals surface area contributed by atoms with E-state index < -0.39 is 23.8 Å². The third kappa shape index (κ3) is 4.82. The number of Topliss-reactive ketones (excluding diaryl/α,β-unsaturated/α-hetero) is 1. The predicted octanol–water partition coefficient (Wildman–Crippen LogP) is 3.60. The topological polar surface area (TPSA) is 109 Å². The molecular weight excluding hydrogens is 525 g/mol. The Kier molecular flexibility index (Phi) is 7.12. The first-order valence-corrected chi connectivity index (χ1v) is 12.8. The molecule has 40 heavy (non-hydrogen) atoms. The SMILES string of the molecule is CN(CC1CNNC1)C(=O)c1cc(C#N)ccc1C1C2=C(CCC2=O)N(c2cccc(C(F)(F)F)c2)C(=O)N1C. The summed E-state index contributed by atoms with van der Waals surface area (Å²) in [5, 5.41) is 9.53. The normalized spacial score (nSPS) is 19.8. The summed E-state index contributed by atoms with van der Waals surface area (Å²) in [6.07, 6.45) is -4.36. The van der Waals surface area contributed by atoms with Gasteiger partial charge >= 0.3 is 12.2 Å². The molecule has 1 unspecified atom stereocenters. The van der Waals surface area contributed by atoms with E-state index in [4.69, 9.17) is 0 Å². The van der Waals surface area contributed by atoms with Crippen molar-refractivity contribution in [2.75, 3.05) is 38.6 Å². The number of alkyl halides is 3. The van der Waals surface area contributed by atoms with Gasteiger partial charge in [-0.3, -0.25) is 25.3 Å². The van der Waals surface area contributed by atoms with Crippen LogP contribution in [0.25, 0.3) is 0 Å². The van der Waals surface area contributed by atoms with Crippen molar-refractivity contribution in [1.82, 2.24) is 20.7 Å². The second-order valence-electron chi connectivity index (χ2n) is 10.2. The van der Waals surface area contributed by atoms with Crippen LogP contribution in [-0.4, -0.2) is 61.3 Å². The lowest BCUT2D eigenvalue weighted by molar-refractivity contribution is -0.137. The number of nitriles is 1. The lowest BCUT2D eigenvalue weighted by atomic mass is 9.88. The van der Waals surface area contributed by atoms with Gasteiger partial charge in [-0.15, -0.1) is 0 Å². The maximum atomic E-state index is 13.8. The number of nitrogens with one attached hydrogen (secondary N) is 2. The van der Waals surface area contributed by atoms with Crippen LogP contribution in [0.4, 0.5) is 23.7 Å². The number of ketones is 1. The highest BCUT2D eigenvalue weighted by atomic mass is 19.4. The zero-order chi connectivity index (χ0) is 28.8. The first-order chi connectivity index (χ1) is 19.0. The first kappa shape index (κ1) is 27.4. The highest BCUT2D eigenvalue weighted by Crippen LogP contribution is 2.46. The number of carbonyl (C=O) groups excluding carboxylic acids is 3. The second-order valence-corrected chi connectivity index (χ2v) is 10.2. The molecule has 3 aliphatic rings. The Morgan fingerprint density at radius 2 is 1.85 bits per heavy atom. The predicted molar refractivity (Wildman–Crippen MR) is 139 cm³/mol. The van der Waals surface area contributed by atoms with Crippen LogP contribution < -0.4 is 15.8 Å². The number of hydrogen-bond acceptors (Lipinski definition) is 6. The largest absolute Gasteiger partial charge is 0.416 e. The van der Waals surface area contributed by atoms with E-state index in [0.717, 1.165) is 17.0 Å². The van der Waals surface area contributed by atoms with Crippen LogP contribution >= 0.6 is 0 Å². The lowest BCUT2D eigenvalue weighted by Crippen LogP contribution is -2.48. The minimum absolute atomic E-state index is 0.00182. The first-order valence-electron chi connectivity index (χ1n) is 12.8. The minimum Gasteiger partial charge on any atom is -0.341 e. The van der Waals surface area contributed by atoms with Gasteiger partial charge in [-0.05, 0) is 42.3 Å². The standard InChI is InChI=1S/C28H27F3N6O3/c1-35(15-17-13-33-34-14-17)26(39)21-10-16(12-32)6-7-20(21)25-24-22(8-9-23(24)38)37(27(40)36(25)2)19-5-3-4-18(11-19)28(29,30)31/h3-7,10-11,17,25,33-34H,8-9,13-15H2,1-2H3. The summed E-state index contributed by atoms with van der Waals surface area (Å²) >= 11 is 0. The van der Waals surface area contributed by atoms with Crippen LogP contribution in [0.1, 0.15) is 45.9 Å². The van der Waals surface area contributed by atoms with Gasteiger partial charge in [0.15, 0.2) is 5.78 Å². The molecule has 0 radical (unpaired) electrons. The number of rotatable bonds is 5. The van der Waals surface area contributed by atoms with Gasteiger partial charge in [0.25, 0.3) is 5.91 Å². The van der Waals surface area contributed by atoms with Gasteiger partial charge in [-0.1, -0.05) is 12.1 Å². The molecule has 5 rings (SSSR count). The molecular formula is C28H27F3N6O3. The third-order valence-electron chi connectivity index (χ3n) is 7.55. The van der Waals surface area contributed by atoms with Crippen molar-refractivity contribution in [1.29, 1.82) is 5.26 Å². The number of likely N-dealkylation sites (N-methyl/N-ethyl adjacent to an activating group) is 1. The van der Waals surface area contributed by atoms with E-state index in [9.17, 15) is 32.8 Å². The van der Waals surface area contributed by atoms with Crippen molar-refractivity contribution in [2.45, 2.75) is 25.1 Å². The molecule has 0 saturated carbocycles. The molecule has 0 bridgehead atoms. The Morgan fingerprint density at radius 3 is 2.52 bits per heavy atom. The van der Waals surface area contributed by atoms with Gasteiger partial charge in [0.2, 0.25) is 0 Å². The molecule has 1 aliphatic carbocycles. The summed E-state index contributed by atoms with van der Waals surface area (Å²) in [7, 11) is 3.11. The van der Waals surface area contributed by atoms with Crippen LogP contribution in [0.3, 0.4) is 0 Å². The molecule has 2 aromatic rings. The highest BCUT2D eigenvalue weighted by molar-refractivity contribution is 6.09. The van der Waals surface area contributed by atoms with Crippen molar-refractivity contribution in [2.24, 2.45) is 5.92 Å². The number of carbonyl (C=O) groups is 3. The Labute approximate surface area is 228 Å². The van der Waals surface area contributed by atoms with Crippen molar-refractivity contribution >= 4 is 23.4 Å². The number of hydrazine groups is 1. The van der Waals surface area contributed by atoms with Gasteiger partial charge in [0.05, 0.1) is 28.9 Å². The zero-order valence-corrected chi connectivity index (χ0v) is 21.9. The van der Waals surface area contributed by atoms with Gasteiger partial charge in [-0.25, -0.2) is 4.79 Å². The highest BCUT2D eigenvalue weighted by Gasteiger charge is 2.46. The molecule has 3 amide bonds. The Hall–Kier alpha value is -4.21. The molecule has 1 saturated heterocycles. The molecule has 9 nitrogen and oxygen atoms in total. The van der Waals surface area contributed by atoms with E-state index in [1.54, 1.807) is 18.0 Å². The Morgan fingerprint density at radius 1 is 1.12 bits per heavy atom. The van der Waals surface area contributed by atoms with Gasteiger partial charge in [0.1, 0.15) is 0 Å². The number of allylic oxidation sites excluding steroid dienone is 1. The number of hydrogen-bond donors (Lipinski definition) is 2. The summed E-state index contributed by atoms with van der Waals surface area (Å²) in [5.41, 5.74) is 6.51. The van der Waals surface area contributed by atoms with Gasteiger partial charge in [-0.2, -0.15) is 18.4 Å². The number of halogens is 3. The lowest BCUT2D eigenvalue weighted by Gasteiger charge is -2.41. The molecule has 2 N–H and O–H groups in total. The van der Waals surface area contributed by atoms with E-state index in [1.165, 1.54) is 36.2 Å². The van der Waals surface area contributed by atoms with Crippen molar-refractivity contribution < 1.29 is 27.6 Å². The van der Waals surface area contributed by atoms with Crippen LogP contribution in [0.2, 0.25) is 0 Å². The molecule has 0 spiro atoms. The van der Waals surface area contributed by atoms with Crippen LogP contribution in [0.15, 0.2) is 53.7 Å². The number of nitrogens with zero attached hydrogens (tertiary/aromatic N) is 4. The van der Waals surface area contributed by atoms with Crippen molar-refractivity contribution in [3.8, 4) is 6.07 Å². The number of amides is 3. The van der Waals surface area contributed by atoms with Gasteiger partial charge in [0, 0.05) is 62.9 Å². The monoisotopic (exact) mass is 552 g/mol. The van der Waals surface area contributed by atoms with Crippen molar-refractivity contribution in [3.63, 3.8) is 0 Å². The molecule has 12 heteroatoms. The summed E-state index contributed by atoms with van der Waals surface area (Å²) in [4.78, 5) is 44.7. The quantitative estimate of drug-likeness (QED) is 0.587. The third-order valence-corrected chi connectivity index (χ3v) is 7.55. The number of anilines is 1. The average molecular weight is 553 g/mol. The van der Waals surface area contributed by atoms with E-state index in [1.807, 2.05) is 6.07 Å². The van der Waals surface area contributed by atoms with Gasteiger partial charge < -0.3 is 9.80 Å². The molecule has 2 aliphatic heterocycles. The van der Waals surface area contributed by atoms with E-state index in [-0.39, 0.29) is 52.8 Å². The number of benzene rings is 2. The fourth-order valence-corrected chi connectivity index (χ4v) is 5.59. The smallest absolute Gasteiger partial charge is 0.341 e. The summed E-state index contributed by atoms with van der Waals surface area (Å²) in [5.74, 6) is -0.453. The molecule has 2 heterocycles. The van der Waals surface area contributed by atoms with E-state index in [2.05, 4.69) is 10.9 Å². The molecule has 1 atom stereocenters. The van der Waals surface area contributed by atoms with Crippen LogP contribution in [-0.2, 0) is 11.0 Å². The second kappa shape index (κ2) is 10.4. The van der Waals surface area contributed by atoms with E-state index in [0.29, 0.717) is 30.9 Å². The fraction of sp³-hybridized carbons (Fsp3) is 0.357. The maximum Gasteiger partial charge on any atom is 0.416 e. The van der Waals surface area contributed by atoms with Crippen molar-refractivity contribution in [3.05, 3.63) is 76.0 Å².